The Morgan fingerprint density at radius 2 is 1.48 bits per heavy atom. The molecule has 0 spiro atoms. The van der Waals surface area contributed by atoms with Crippen LogP contribution in [0.5, 0.6) is 0 Å². The van der Waals surface area contributed by atoms with Crippen molar-refractivity contribution < 1.29 is 29.1 Å². The molecule has 14 nitrogen and oxygen atoms in total. The van der Waals surface area contributed by atoms with E-state index in [0.29, 0.717) is 12.2 Å². The molecule has 12 N–H and O–H groups in total. The van der Waals surface area contributed by atoms with Crippen molar-refractivity contribution in [2.24, 2.45) is 27.9 Å². The lowest BCUT2D eigenvalue weighted by molar-refractivity contribution is -0.142. The Morgan fingerprint density at radius 3 is 2.05 bits per heavy atom. The van der Waals surface area contributed by atoms with Crippen molar-refractivity contribution in [2.75, 3.05) is 18.6 Å². The van der Waals surface area contributed by atoms with Crippen molar-refractivity contribution in [2.45, 2.75) is 62.7 Å². The van der Waals surface area contributed by atoms with Gasteiger partial charge in [-0.25, -0.2) is 4.79 Å². The number of carboxylic acid groups (broad SMARTS) is 1. The SMILES string of the molecule is CSCCC(NC(=O)C(Cc1ccccc1)NC(=O)C(N)CCC(N)=O)C(=O)NC(CCCN=C(N)N)C(=O)O. The number of benzene rings is 1. The highest BCUT2D eigenvalue weighted by molar-refractivity contribution is 7.98. The van der Waals surface area contributed by atoms with Crippen LogP contribution in [0, 0.1) is 0 Å². The van der Waals surface area contributed by atoms with Crippen molar-refractivity contribution in [1.82, 2.24) is 16.0 Å². The third-order valence-corrected chi connectivity index (χ3v) is 6.40. The summed E-state index contributed by atoms with van der Waals surface area (Å²) in [6, 6.07) is 4.43. The lowest BCUT2D eigenvalue weighted by Gasteiger charge is -2.25. The molecule has 222 valence electrons. The Kier molecular flexibility index (Phi) is 15.8. The van der Waals surface area contributed by atoms with Gasteiger partial charge in [0.1, 0.15) is 18.1 Å². The van der Waals surface area contributed by atoms with Crippen LogP contribution in [-0.2, 0) is 30.4 Å². The molecule has 0 radical (unpaired) electrons. The predicted octanol–water partition coefficient (Wildman–Crippen LogP) is -1.83. The molecule has 4 unspecified atom stereocenters. The summed E-state index contributed by atoms with van der Waals surface area (Å²) in [7, 11) is 0. The number of amides is 4. The number of carboxylic acids is 1. The fourth-order valence-corrected chi connectivity index (χ4v) is 4.05. The number of hydrogen-bond donors (Lipinski definition) is 8. The molecule has 0 aliphatic heterocycles. The standard InChI is InChI=1S/C25H40N8O6S/c1-40-13-11-17(22(36)32-18(24(38)39)8-5-12-30-25(28)29)31-23(37)19(14-15-6-3-2-4-7-15)33-21(35)16(26)9-10-20(27)34/h2-4,6-7,16-19H,5,8-14,26H2,1H3,(H2,27,34)(H,31,37)(H,32,36)(H,33,35)(H,38,39)(H4,28,29,30). The first-order valence-corrected chi connectivity index (χ1v) is 14.1. The molecule has 0 saturated heterocycles. The molecule has 0 fully saturated rings. The Labute approximate surface area is 237 Å². The number of guanidine groups is 1. The minimum atomic E-state index is -1.24. The van der Waals surface area contributed by atoms with E-state index in [0.717, 1.165) is 5.56 Å². The molecular weight excluding hydrogens is 540 g/mol. The predicted molar refractivity (Wildman–Crippen MR) is 153 cm³/mol. The second-order valence-electron chi connectivity index (χ2n) is 9.05. The summed E-state index contributed by atoms with van der Waals surface area (Å²) in [6.45, 7) is 0.192. The third kappa shape index (κ3) is 13.8. The Hall–Kier alpha value is -3.85. The highest BCUT2D eigenvalue weighted by atomic mass is 32.2. The molecule has 15 heteroatoms. The maximum Gasteiger partial charge on any atom is 0.326 e. The van der Waals surface area contributed by atoms with E-state index in [-0.39, 0.29) is 44.6 Å². The molecule has 0 aliphatic carbocycles. The molecule has 0 bridgehead atoms. The van der Waals surface area contributed by atoms with Crippen molar-refractivity contribution in [3.63, 3.8) is 0 Å². The van der Waals surface area contributed by atoms with Crippen LogP contribution in [0.1, 0.15) is 37.7 Å². The monoisotopic (exact) mass is 580 g/mol. The number of aliphatic imine (C=N–C) groups is 1. The second-order valence-corrected chi connectivity index (χ2v) is 10.0. The van der Waals surface area contributed by atoms with E-state index in [9.17, 15) is 29.1 Å². The fraction of sp³-hybridized carbons (Fsp3) is 0.520. The van der Waals surface area contributed by atoms with Gasteiger partial charge in [0.25, 0.3) is 0 Å². The molecule has 0 aromatic heterocycles. The zero-order chi connectivity index (χ0) is 30.1. The number of rotatable bonds is 19. The summed E-state index contributed by atoms with van der Waals surface area (Å²) in [5.74, 6) is -3.47. The molecule has 40 heavy (non-hydrogen) atoms. The molecule has 1 aromatic rings. The van der Waals surface area contributed by atoms with Gasteiger partial charge in [-0.15, -0.1) is 0 Å². The van der Waals surface area contributed by atoms with E-state index in [1.807, 2.05) is 6.26 Å². The summed E-state index contributed by atoms with van der Waals surface area (Å²) in [4.78, 5) is 65.7. The molecule has 0 aliphatic rings. The van der Waals surface area contributed by atoms with Crippen LogP contribution >= 0.6 is 11.8 Å². The summed E-state index contributed by atoms with van der Waals surface area (Å²) in [5, 5.41) is 17.3. The van der Waals surface area contributed by atoms with Crippen molar-refractivity contribution >= 4 is 47.3 Å². The first-order chi connectivity index (χ1) is 18.9. The maximum absolute atomic E-state index is 13.4. The summed E-state index contributed by atoms with van der Waals surface area (Å²) in [5.41, 5.74) is 22.3. The Bertz CT molecular complexity index is 1020. The minimum absolute atomic E-state index is 0.000637. The number of primary amides is 1. The third-order valence-electron chi connectivity index (χ3n) is 5.76. The van der Waals surface area contributed by atoms with Gasteiger partial charge in [-0.05, 0) is 43.3 Å². The number of carbonyl (C=O) groups excluding carboxylic acids is 4. The van der Waals surface area contributed by atoms with Crippen LogP contribution in [0.3, 0.4) is 0 Å². The molecule has 4 amide bonds. The number of carbonyl (C=O) groups is 5. The lowest BCUT2D eigenvalue weighted by Crippen LogP contribution is -2.57. The van der Waals surface area contributed by atoms with Gasteiger partial charge in [0.05, 0.1) is 6.04 Å². The van der Waals surface area contributed by atoms with Gasteiger partial charge in [0.2, 0.25) is 23.6 Å². The van der Waals surface area contributed by atoms with E-state index in [4.69, 9.17) is 22.9 Å². The van der Waals surface area contributed by atoms with Gasteiger partial charge >= 0.3 is 5.97 Å². The van der Waals surface area contributed by atoms with Gasteiger partial charge in [0, 0.05) is 19.4 Å². The lowest BCUT2D eigenvalue weighted by atomic mass is 10.0. The number of hydrogen-bond acceptors (Lipinski definition) is 8. The Morgan fingerprint density at radius 1 is 0.875 bits per heavy atom. The highest BCUT2D eigenvalue weighted by Gasteiger charge is 2.30. The number of nitrogens with two attached hydrogens (primary N) is 4. The summed E-state index contributed by atoms with van der Waals surface area (Å²) >= 11 is 1.44. The zero-order valence-electron chi connectivity index (χ0n) is 22.5. The molecule has 0 heterocycles. The van der Waals surface area contributed by atoms with Gasteiger partial charge in [0.15, 0.2) is 5.96 Å². The first-order valence-electron chi connectivity index (χ1n) is 12.7. The average molecular weight is 581 g/mol. The van der Waals surface area contributed by atoms with Gasteiger partial charge in [-0.1, -0.05) is 30.3 Å². The average Bonchev–Trinajstić information content (AvgIpc) is 2.90. The fourth-order valence-electron chi connectivity index (χ4n) is 3.58. The van der Waals surface area contributed by atoms with E-state index in [2.05, 4.69) is 20.9 Å². The second kappa shape index (κ2) is 18.4. The number of nitrogens with zero attached hydrogens (tertiary/aromatic N) is 1. The van der Waals surface area contributed by atoms with Crippen LogP contribution in [0.2, 0.25) is 0 Å². The first kappa shape index (κ1) is 34.2. The largest absolute Gasteiger partial charge is 0.480 e. The van der Waals surface area contributed by atoms with Crippen LogP contribution in [0.15, 0.2) is 35.3 Å². The van der Waals surface area contributed by atoms with E-state index < -0.39 is 53.8 Å². The normalized spacial score (nSPS) is 13.7. The zero-order valence-corrected chi connectivity index (χ0v) is 23.3. The smallest absolute Gasteiger partial charge is 0.326 e. The van der Waals surface area contributed by atoms with Gasteiger partial charge in [-0.3, -0.25) is 24.2 Å². The number of nitrogens with one attached hydrogen (secondary N) is 3. The maximum atomic E-state index is 13.4. The molecule has 4 atom stereocenters. The minimum Gasteiger partial charge on any atom is -0.480 e. The highest BCUT2D eigenvalue weighted by Crippen LogP contribution is 2.08. The van der Waals surface area contributed by atoms with Crippen LogP contribution in [-0.4, -0.2) is 83.4 Å². The van der Waals surface area contributed by atoms with Crippen molar-refractivity contribution in [3.8, 4) is 0 Å². The number of aliphatic carboxylic acids is 1. The van der Waals surface area contributed by atoms with Crippen LogP contribution in [0.4, 0.5) is 0 Å². The Balaban J connectivity index is 3.03. The quantitative estimate of drug-likeness (QED) is 0.0515. The van der Waals surface area contributed by atoms with Crippen molar-refractivity contribution in [1.29, 1.82) is 0 Å². The van der Waals surface area contributed by atoms with Crippen LogP contribution in [0.25, 0.3) is 0 Å². The molecular formula is C25H40N8O6S. The molecule has 1 rings (SSSR count). The molecule has 0 saturated carbocycles. The summed E-state index contributed by atoms with van der Waals surface area (Å²) < 4.78 is 0. The van der Waals surface area contributed by atoms with Gasteiger partial charge < -0.3 is 44.0 Å². The number of thioether (sulfide) groups is 1. The van der Waals surface area contributed by atoms with E-state index >= 15 is 0 Å². The molecule has 1 aromatic carbocycles. The van der Waals surface area contributed by atoms with E-state index in [1.165, 1.54) is 11.8 Å². The van der Waals surface area contributed by atoms with Crippen LogP contribution < -0.4 is 38.9 Å². The van der Waals surface area contributed by atoms with E-state index in [1.54, 1.807) is 30.3 Å². The van der Waals surface area contributed by atoms with Gasteiger partial charge in [-0.2, -0.15) is 11.8 Å². The topological polar surface area (TPSA) is 258 Å². The van der Waals surface area contributed by atoms with Crippen molar-refractivity contribution in [3.05, 3.63) is 35.9 Å². The summed E-state index contributed by atoms with van der Waals surface area (Å²) in [6.07, 6.45) is 2.40.